The van der Waals surface area contributed by atoms with Crippen LogP contribution in [0.5, 0.6) is 0 Å². The van der Waals surface area contributed by atoms with Gasteiger partial charge in [0.05, 0.1) is 11.1 Å². The monoisotopic (exact) mass is 635 g/mol. The number of nitrogens with zero attached hydrogens (tertiary/aromatic N) is 4. The van der Waals surface area contributed by atoms with Gasteiger partial charge >= 0.3 is 0 Å². The van der Waals surface area contributed by atoms with Gasteiger partial charge in [0.1, 0.15) is 11.0 Å². The van der Waals surface area contributed by atoms with E-state index in [-0.39, 0.29) is 66.1 Å². The van der Waals surface area contributed by atoms with Crippen LogP contribution in [0.2, 0.25) is 5.15 Å². The van der Waals surface area contributed by atoms with Crippen molar-refractivity contribution in [2.45, 2.75) is 49.0 Å². The molecule has 0 spiro atoms. The maximum Gasteiger partial charge on any atom is 0.290 e. The molecule has 1 atom stereocenters. The van der Waals surface area contributed by atoms with Crippen molar-refractivity contribution < 1.29 is 26.8 Å². The summed E-state index contributed by atoms with van der Waals surface area (Å²) in [7, 11) is -2.58. The van der Waals surface area contributed by atoms with Crippen LogP contribution in [-0.4, -0.2) is 82.5 Å². The van der Waals surface area contributed by atoms with Crippen LogP contribution in [0.1, 0.15) is 37.7 Å². The quantitative estimate of drug-likeness (QED) is 0.232. The molecule has 15 heteroatoms. The Morgan fingerprint density at radius 3 is 2.40 bits per heavy atom. The molecule has 3 fully saturated rings. The summed E-state index contributed by atoms with van der Waals surface area (Å²) in [6, 6.07) is 8.51. The molecule has 3 heterocycles. The van der Waals surface area contributed by atoms with Crippen molar-refractivity contribution in [2.24, 2.45) is 17.6 Å². The smallest absolute Gasteiger partial charge is 0.290 e. The largest absolute Gasteiger partial charge is 0.354 e. The summed E-state index contributed by atoms with van der Waals surface area (Å²) in [6.45, 7) is 1.66. The second kappa shape index (κ2) is 13.1. The predicted molar refractivity (Wildman–Crippen MR) is 161 cm³/mol. The van der Waals surface area contributed by atoms with Gasteiger partial charge in [-0.3, -0.25) is 4.79 Å². The van der Waals surface area contributed by atoms with Gasteiger partial charge in [-0.15, -0.1) is 0 Å². The number of hydrogen-bond donors (Lipinski definition) is 2. The predicted octanol–water partition coefficient (Wildman–Crippen LogP) is 2.61. The van der Waals surface area contributed by atoms with Gasteiger partial charge in [0.2, 0.25) is 15.9 Å². The highest BCUT2D eigenvalue weighted by Crippen LogP contribution is 2.45. The minimum absolute atomic E-state index is 0.0292. The van der Waals surface area contributed by atoms with Gasteiger partial charge in [0, 0.05) is 62.4 Å². The maximum absolute atomic E-state index is 15.6. The standard InChI is InChI=1S/C28H35BClF2N6O4S/c30-25-13-21(28(31,32)20-3-1-19(16-33)2-4-20)14-26(34-25)36-9-11-37(12-10-36)43(41,42)24-7-5-23(6-8-24)38-17-22(15-27(38)40)35-29-18-39/h5-8,13-14,18-20,22,35H,1-4,9-12,15-17,33H2/t19?,20?,22-/m1/s1. The number of pyridine rings is 1. The summed E-state index contributed by atoms with van der Waals surface area (Å²) >= 11 is 6.20. The summed E-state index contributed by atoms with van der Waals surface area (Å²) in [4.78, 5) is 30.7. The average molecular weight is 636 g/mol. The number of carbonyl (C=O) groups is 2. The molecule has 1 radical (unpaired) electrons. The van der Waals surface area contributed by atoms with Gasteiger partial charge in [0.25, 0.3) is 13.3 Å². The third-order valence-electron chi connectivity index (χ3n) is 8.73. The van der Waals surface area contributed by atoms with Crippen molar-refractivity contribution in [2.75, 3.05) is 49.1 Å². The van der Waals surface area contributed by atoms with Gasteiger partial charge in [-0.1, -0.05) is 11.6 Å². The van der Waals surface area contributed by atoms with E-state index in [2.05, 4.69) is 10.2 Å². The molecule has 43 heavy (non-hydrogen) atoms. The summed E-state index contributed by atoms with van der Waals surface area (Å²) in [5, 5.41) is 2.84. The lowest BCUT2D eigenvalue weighted by molar-refractivity contribution is -0.117. The lowest BCUT2D eigenvalue weighted by Gasteiger charge is -2.36. The van der Waals surface area contributed by atoms with Gasteiger partial charge < -0.3 is 25.6 Å². The molecule has 1 aliphatic carbocycles. The van der Waals surface area contributed by atoms with E-state index in [0.29, 0.717) is 56.5 Å². The molecule has 2 aromatic rings. The van der Waals surface area contributed by atoms with Gasteiger partial charge in [-0.2, -0.15) is 4.31 Å². The Hall–Kier alpha value is -2.65. The van der Waals surface area contributed by atoms with Crippen molar-refractivity contribution in [1.29, 1.82) is 0 Å². The number of hydrogen-bond acceptors (Lipinski definition) is 8. The second-order valence-corrected chi connectivity index (χ2v) is 13.7. The number of carbonyl (C=O) groups excluding carboxylic acids is 2. The highest BCUT2D eigenvalue weighted by Gasteiger charge is 2.43. The minimum Gasteiger partial charge on any atom is -0.354 e. The van der Waals surface area contributed by atoms with Crippen molar-refractivity contribution >= 4 is 52.6 Å². The fourth-order valence-corrected chi connectivity index (χ4v) is 7.81. The SMILES string of the molecule is NCC1CCC(C(F)(F)c2cc(Cl)nc(N3CCN(S(=O)(=O)c4ccc(N5C[C@H](N[B]C=O)CC5=O)cc4)CC3)c2)CC1. The molecule has 1 saturated carbocycles. The number of benzene rings is 1. The third kappa shape index (κ3) is 6.88. The van der Waals surface area contributed by atoms with E-state index in [1.165, 1.54) is 36.0 Å². The first-order valence-corrected chi connectivity index (χ1v) is 16.3. The Morgan fingerprint density at radius 1 is 1.09 bits per heavy atom. The highest BCUT2D eigenvalue weighted by molar-refractivity contribution is 7.89. The van der Waals surface area contributed by atoms with E-state index in [0.717, 1.165) is 0 Å². The number of alkyl halides is 2. The first-order valence-electron chi connectivity index (χ1n) is 14.5. The number of halogens is 3. The van der Waals surface area contributed by atoms with E-state index >= 15 is 8.78 Å². The lowest BCUT2D eigenvalue weighted by atomic mass is 9.77. The first-order chi connectivity index (χ1) is 20.5. The Morgan fingerprint density at radius 2 is 1.77 bits per heavy atom. The molecule has 1 aromatic heterocycles. The number of rotatable bonds is 10. The Labute approximate surface area is 256 Å². The molecule has 2 saturated heterocycles. The van der Waals surface area contributed by atoms with Gasteiger partial charge in [-0.25, -0.2) is 22.2 Å². The number of sulfonamides is 1. The van der Waals surface area contributed by atoms with Crippen LogP contribution >= 0.6 is 11.6 Å². The zero-order chi connectivity index (χ0) is 30.8. The summed E-state index contributed by atoms with van der Waals surface area (Å²) < 4.78 is 59.3. The summed E-state index contributed by atoms with van der Waals surface area (Å²) in [5.74, 6) is -3.40. The van der Waals surface area contributed by atoms with Crippen LogP contribution in [0, 0.1) is 11.8 Å². The van der Waals surface area contributed by atoms with Crippen LogP contribution < -0.4 is 20.8 Å². The first kappa shape index (κ1) is 31.8. The zero-order valence-corrected chi connectivity index (χ0v) is 25.2. The van der Waals surface area contributed by atoms with Crippen LogP contribution in [0.4, 0.5) is 20.3 Å². The Balaban J connectivity index is 1.22. The average Bonchev–Trinajstić information content (AvgIpc) is 3.39. The van der Waals surface area contributed by atoms with Crippen LogP contribution in [-0.2, 0) is 25.5 Å². The fraction of sp³-hybridized carbons (Fsp3) is 0.536. The molecule has 231 valence electrons. The Kier molecular flexibility index (Phi) is 9.71. The number of nitrogens with two attached hydrogens (primary N) is 1. The van der Waals surface area contributed by atoms with Crippen LogP contribution in [0.25, 0.3) is 0 Å². The third-order valence-corrected chi connectivity index (χ3v) is 10.8. The molecular formula is C28H35BClF2N6O4S. The van der Waals surface area contributed by atoms with E-state index in [4.69, 9.17) is 17.3 Å². The lowest BCUT2D eigenvalue weighted by Crippen LogP contribution is -2.49. The van der Waals surface area contributed by atoms with Gasteiger partial charge in [0.15, 0.2) is 0 Å². The summed E-state index contributed by atoms with van der Waals surface area (Å²) in [6.07, 6.45) is 2.99. The molecule has 0 bridgehead atoms. The number of nitrogens with one attached hydrogen (secondary N) is 1. The van der Waals surface area contributed by atoms with Crippen LogP contribution in [0.15, 0.2) is 41.3 Å². The van der Waals surface area contributed by atoms with E-state index in [1.807, 2.05) is 0 Å². The molecule has 3 N–H and O–H groups in total. The number of aromatic nitrogens is 1. The maximum atomic E-state index is 15.6. The molecule has 10 nitrogen and oxygen atoms in total. The van der Waals surface area contributed by atoms with Gasteiger partial charge in [-0.05, 0) is 74.5 Å². The van der Waals surface area contributed by atoms with Crippen molar-refractivity contribution in [3.05, 3.63) is 47.1 Å². The number of piperazine rings is 1. The van der Waals surface area contributed by atoms with E-state index in [9.17, 15) is 18.0 Å². The molecule has 5 rings (SSSR count). The van der Waals surface area contributed by atoms with E-state index < -0.39 is 21.9 Å². The van der Waals surface area contributed by atoms with Crippen molar-refractivity contribution in [3.63, 3.8) is 0 Å². The van der Waals surface area contributed by atoms with E-state index in [1.54, 1.807) is 21.9 Å². The topological polar surface area (TPSA) is 129 Å². The number of anilines is 2. The molecule has 0 unspecified atom stereocenters. The molecule has 2 aliphatic heterocycles. The second-order valence-electron chi connectivity index (χ2n) is 11.4. The molecule has 3 aliphatic rings. The van der Waals surface area contributed by atoms with Crippen molar-refractivity contribution in [3.8, 4) is 0 Å². The molecular weight excluding hydrogens is 601 g/mol. The summed E-state index contributed by atoms with van der Waals surface area (Å²) in [5.41, 5.74) is 6.12. The minimum atomic E-state index is -3.83. The van der Waals surface area contributed by atoms with Crippen LogP contribution in [0.3, 0.4) is 0 Å². The fourth-order valence-electron chi connectivity index (χ4n) is 6.18. The molecule has 1 aromatic carbocycles. The zero-order valence-electron chi connectivity index (χ0n) is 23.7. The Bertz CT molecular complexity index is 1420. The normalized spacial score (nSPS) is 23.9. The highest BCUT2D eigenvalue weighted by atomic mass is 35.5. The molecule has 1 amide bonds. The van der Waals surface area contributed by atoms with Crippen molar-refractivity contribution in [1.82, 2.24) is 14.5 Å². The number of amides is 1.